The van der Waals surface area contributed by atoms with Gasteiger partial charge in [-0.05, 0) is 18.2 Å². The van der Waals surface area contributed by atoms with E-state index in [9.17, 15) is 4.79 Å². The van der Waals surface area contributed by atoms with E-state index in [-0.39, 0.29) is 19.1 Å². The summed E-state index contributed by atoms with van der Waals surface area (Å²) in [5.74, 6) is -0.186. The van der Waals surface area contributed by atoms with Crippen LogP contribution >= 0.6 is 0 Å². The van der Waals surface area contributed by atoms with Crippen LogP contribution in [0.2, 0.25) is 0 Å². The molecule has 0 aliphatic rings. The average molecular weight is 178 g/mol. The summed E-state index contributed by atoms with van der Waals surface area (Å²) in [5, 5.41) is 0. The Hall–Kier alpha value is -1.39. The minimum Gasteiger partial charge on any atom is -0.322 e. The van der Waals surface area contributed by atoms with E-state index >= 15 is 0 Å². The molecular formula is C9H12N3O. The number of hydrogen-bond acceptors (Lipinski definition) is 3. The van der Waals surface area contributed by atoms with Crippen LogP contribution in [0, 0.1) is 6.07 Å². The van der Waals surface area contributed by atoms with Gasteiger partial charge in [0, 0.05) is 5.69 Å². The lowest BCUT2D eigenvalue weighted by Gasteiger charge is -2.19. The number of carbonyl (C=O) groups is 1. The molecule has 1 radical (unpaired) electrons. The van der Waals surface area contributed by atoms with Gasteiger partial charge in [-0.2, -0.15) is 0 Å². The summed E-state index contributed by atoms with van der Waals surface area (Å²) in [7, 11) is 0. The molecule has 0 bridgehead atoms. The maximum Gasteiger partial charge on any atom is 0.241 e. The Morgan fingerprint density at radius 1 is 1.38 bits per heavy atom. The normalized spacial score (nSPS) is 9.69. The second-order valence-electron chi connectivity index (χ2n) is 2.47. The van der Waals surface area contributed by atoms with Crippen molar-refractivity contribution in [3.05, 3.63) is 30.3 Å². The fraction of sp³-hybridized carbons (Fsp3) is 0.222. The van der Waals surface area contributed by atoms with E-state index < -0.39 is 0 Å². The zero-order valence-electron chi connectivity index (χ0n) is 7.23. The van der Waals surface area contributed by atoms with Crippen LogP contribution in [0.4, 0.5) is 5.69 Å². The highest BCUT2D eigenvalue weighted by atomic mass is 16.2. The number of nitrogens with two attached hydrogens (primary N) is 2. The van der Waals surface area contributed by atoms with Crippen LogP contribution in [0.1, 0.15) is 0 Å². The molecule has 69 valence electrons. The summed E-state index contributed by atoms with van der Waals surface area (Å²) in [6.07, 6.45) is 0. The zero-order chi connectivity index (χ0) is 9.68. The van der Waals surface area contributed by atoms with Gasteiger partial charge in [0.2, 0.25) is 5.91 Å². The highest BCUT2D eigenvalue weighted by Gasteiger charge is 2.10. The first-order valence-electron chi connectivity index (χ1n) is 3.96. The minimum absolute atomic E-state index is 0.0319. The van der Waals surface area contributed by atoms with E-state index in [4.69, 9.17) is 11.5 Å². The predicted octanol–water partition coefficient (Wildman–Crippen LogP) is -0.305. The molecule has 0 saturated carbocycles. The number of rotatable bonds is 3. The molecule has 0 fully saturated rings. The standard InChI is InChI=1S/C9H12N3O/c10-6-9(13)12(7-11)8-4-2-1-3-5-8/h2-5H,6-7,10-11H2. The number of nitrogens with zero attached hydrogens (tertiary/aromatic N) is 1. The molecule has 0 spiro atoms. The minimum atomic E-state index is -0.186. The van der Waals surface area contributed by atoms with Crippen molar-refractivity contribution in [1.29, 1.82) is 0 Å². The fourth-order valence-electron chi connectivity index (χ4n) is 1.02. The Morgan fingerprint density at radius 3 is 2.46 bits per heavy atom. The monoisotopic (exact) mass is 178 g/mol. The van der Waals surface area contributed by atoms with Gasteiger partial charge >= 0.3 is 0 Å². The summed E-state index contributed by atoms with van der Waals surface area (Å²) < 4.78 is 0. The highest BCUT2D eigenvalue weighted by molar-refractivity contribution is 5.94. The molecule has 0 aliphatic heterocycles. The topological polar surface area (TPSA) is 72.4 Å². The first-order valence-corrected chi connectivity index (χ1v) is 3.96. The molecule has 0 heterocycles. The Kier molecular flexibility index (Phi) is 3.42. The van der Waals surface area contributed by atoms with Gasteiger partial charge in [0.05, 0.1) is 13.2 Å². The van der Waals surface area contributed by atoms with E-state index in [2.05, 4.69) is 6.07 Å². The number of benzene rings is 1. The molecule has 4 nitrogen and oxygen atoms in total. The molecule has 0 atom stereocenters. The average Bonchev–Trinajstić information content (AvgIpc) is 2.20. The van der Waals surface area contributed by atoms with Crippen molar-refractivity contribution < 1.29 is 4.79 Å². The summed E-state index contributed by atoms with van der Waals surface area (Å²) >= 11 is 0. The molecule has 0 aromatic heterocycles. The van der Waals surface area contributed by atoms with Crippen LogP contribution in [0.3, 0.4) is 0 Å². The van der Waals surface area contributed by atoms with Gasteiger partial charge in [-0.1, -0.05) is 12.1 Å². The fourth-order valence-corrected chi connectivity index (χ4v) is 1.02. The smallest absolute Gasteiger partial charge is 0.241 e. The Balaban J connectivity index is 2.85. The second kappa shape index (κ2) is 4.59. The first kappa shape index (κ1) is 9.70. The molecule has 1 amide bonds. The van der Waals surface area contributed by atoms with Crippen molar-refractivity contribution >= 4 is 11.6 Å². The zero-order valence-corrected chi connectivity index (χ0v) is 7.23. The molecule has 1 aromatic rings. The molecule has 1 rings (SSSR count). The van der Waals surface area contributed by atoms with Gasteiger partial charge in [0.15, 0.2) is 0 Å². The maximum absolute atomic E-state index is 11.3. The Labute approximate surface area is 77.1 Å². The van der Waals surface area contributed by atoms with Crippen molar-refractivity contribution in [3.63, 3.8) is 0 Å². The van der Waals surface area contributed by atoms with Gasteiger partial charge in [-0.3, -0.25) is 9.69 Å². The van der Waals surface area contributed by atoms with Crippen LogP contribution < -0.4 is 16.4 Å². The van der Waals surface area contributed by atoms with Gasteiger partial charge in [0.1, 0.15) is 0 Å². The number of carbonyl (C=O) groups excluding carboxylic acids is 1. The summed E-state index contributed by atoms with van der Waals surface area (Å²) in [5.41, 5.74) is 11.4. The lowest BCUT2D eigenvalue weighted by molar-refractivity contribution is -0.117. The highest BCUT2D eigenvalue weighted by Crippen LogP contribution is 2.10. The van der Waals surface area contributed by atoms with Gasteiger partial charge in [-0.15, -0.1) is 0 Å². The largest absolute Gasteiger partial charge is 0.322 e. The third kappa shape index (κ3) is 2.27. The van der Waals surface area contributed by atoms with Crippen molar-refractivity contribution in [2.75, 3.05) is 18.1 Å². The van der Waals surface area contributed by atoms with Gasteiger partial charge in [0.25, 0.3) is 0 Å². The molecule has 4 heteroatoms. The molecule has 1 aromatic carbocycles. The van der Waals surface area contributed by atoms with Gasteiger partial charge in [-0.25, -0.2) is 0 Å². The molecule has 0 unspecified atom stereocenters. The van der Waals surface area contributed by atoms with Crippen LogP contribution in [0.25, 0.3) is 0 Å². The van der Waals surface area contributed by atoms with Crippen LogP contribution in [-0.4, -0.2) is 19.1 Å². The number of hydrogen-bond donors (Lipinski definition) is 2. The summed E-state index contributed by atoms with van der Waals surface area (Å²) in [6, 6.07) is 9.84. The predicted molar refractivity (Wildman–Crippen MR) is 50.9 cm³/mol. The first-order chi connectivity index (χ1) is 6.29. The number of anilines is 1. The van der Waals surface area contributed by atoms with E-state index in [1.54, 1.807) is 24.3 Å². The van der Waals surface area contributed by atoms with Crippen molar-refractivity contribution in [2.24, 2.45) is 11.5 Å². The Morgan fingerprint density at radius 2 is 2.00 bits per heavy atom. The lowest BCUT2D eigenvalue weighted by Crippen LogP contribution is -2.39. The van der Waals surface area contributed by atoms with Crippen molar-refractivity contribution in [1.82, 2.24) is 0 Å². The third-order valence-corrected chi connectivity index (χ3v) is 1.67. The van der Waals surface area contributed by atoms with E-state index in [1.165, 1.54) is 4.90 Å². The molecular weight excluding hydrogens is 166 g/mol. The molecule has 13 heavy (non-hydrogen) atoms. The summed E-state index contributed by atoms with van der Waals surface area (Å²) in [6.45, 7) is 0.107. The third-order valence-electron chi connectivity index (χ3n) is 1.67. The SMILES string of the molecule is NCC(=O)N(CN)c1cc[c]cc1. The van der Waals surface area contributed by atoms with E-state index in [1.807, 2.05) is 0 Å². The van der Waals surface area contributed by atoms with E-state index in [0.717, 1.165) is 5.69 Å². The lowest BCUT2D eigenvalue weighted by atomic mass is 10.3. The van der Waals surface area contributed by atoms with Gasteiger partial charge < -0.3 is 11.5 Å². The number of amides is 1. The van der Waals surface area contributed by atoms with Crippen LogP contribution in [0.5, 0.6) is 0 Å². The molecule has 4 N–H and O–H groups in total. The van der Waals surface area contributed by atoms with E-state index in [0.29, 0.717) is 0 Å². The molecule has 0 aliphatic carbocycles. The van der Waals surface area contributed by atoms with Crippen LogP contribution in [-0.2, 0) is 4.79 Å². The van der Waals surface area contributed by atoms with Crippen molar-refractivity contribution in [2.45, 2.75) is 0 Å². The second-order valence-corrected chi connectivity index (χ2v) is 2.47. The Bertz CT molecular complexity index is 273. The quantitative estimate of drug-likeness (QED) is 0.624. The van der Waals surface area contributed by atoms with Crippen LogP contribution in [0.15, 0.2) is 24.3 Å². The molecule has 0 saturated heterocycles. The van der Waals surface area contributed by atoms with Crippen molar-refractivity contribution in [3.8, 4) is 0 Å². The maximum atomic E-state index is 11.3. The summed E-state index contributed by atoms with van der Waals surface area (Å²) in [4.78, 5) is 12.7.